The second-order valence-corrected chi connectivity index (χ2v) is 36.0. The molecular formula is C129H75N9O3. The number of nitrogens with zero attached hydrogens (tertiary/aromatic N) is 9. The number of para-hydroxylation sites is 18. The average Bonchev–Trinajstić information content (AvgIpc) is 1.56. The van der Waals surface area contributed by atoms with Gasteiger partial charge in [-0.3, -0.25) is 0 Å². The second kappa shape index (κ2) is 31.7. The normalized spacial score (nSPS) is 11.8. The van der Waals surface area contributed by atoms with Crippen LogP contribution >= 0.6 is 0 Å². The molecule has 0 aliphatic rings. The number of furan rings is 3. The van der Waals surface area contributed by atoms with Crippen molar-refractivity contribution in [3.8, 4) is 85.7 Å². The Hall–Kier alpha value is -19.7. The average molecular weight is 1800 g/mol. The molecule has 0 amide bonds. The van der Waals surface area contributed by atoms with Crippen LogP contribution in [0.2, 0.25) is 0 Å². The van der Waals surface area contributed by atoms with E-state index in [-0.39, 0.29) is 0 Å². The summed E-state index contributed by atoms with van der Waals surface area (Å²) in [7, 11) is 0. The van der Waals surface area contributed by atoms with Crippen molar-refractivity contribution in [1.82, 2.24) is 27.4 Å². The lowest BCUT2D eigenvalue weighted by Gasteiger charge is -2.19. The summed E-state index contributed by atoms with van der Waals surface area (Å²) >= 11 is 0. The zero-order valence-electron chi connectivity index (χ0n) is 75.6. The molecule has 0 bridgehead atoms. The van der Waals surface area contributed by atoms with E-state index < -0.39 is 0 Å². The molecule has 0 aliphatic carbocycles. The predicted octanol–water partition coefficient (Wildman–Crippen LogP) is 34.0. The second-order valence-electron chi connectivity index (χ2n) is 36.0. The molecule has 0 radical (unpaired) electrons. The van der Waals surface area contributed by atoms with E-state index in [4.69, 9.17) is 13.3 Å². The zero-order chi connectivity index (χ0) is 93.2. The van der Waals surface area contributed by atoms with Gasteiger partial charge in [0.15, 0.2) is 5.58 Å². The van der Waals surface area contributed by atoms with Crippen LogP contribution in [0.5, 0.6) is 0 Å². The van der Waals surface area contributed by atoms with Gasteiger partial charge in [0.05, 0.1) is 122 Å². The fourth-order valence-electron chi connectivity index (χ4n) is 22.9. The van der Waals surface area contributed by atoms with Crippen molar-refractivity contribution in [3.05, 3.63) is 472 Å². The Morgan fingerprint density at radius 1 is 0.163 bits per heavy atom. The molecule has 141 heavy (non-hydrogen) atoms. The number of nitriles is 3. The van der Waals surface area contributed by atoms with Crippen molar-refractivity contribution >= 4 is 197 Å². The van der Waals surface area contributed by atoms with Gasteiger partial charge in [0.1, 0.15) is 46.1 Å². The molecule has 0 fully saturated rings. The van der Waals surface area contributed by atoms with E-state index in [0.717, 1.165) is 232 Å². The molecule has 0 aliphatic heterocycles. The van der Waals surface area contributed by atoms with Crippen LogP contribution in [0.15, 0.2) is 468 Å². The van der Waals surface area contributed by atoms with Crippen LogP contribution in [0.4, 0.5) is 0 Å². The van der Waals surface area contributed by atoms with Crippen LogP contribution in [-0.2, 0) is 0 Å². The van der Waals surface area contributed by atoms with Gasteiger partial charge in [0.2, 0.25) is 0 Å². The summed E-state index contributed by atoms with van der Waals surface area (Å²) in [4.78, 5) is 0. The molecule has 0 atom stereocenters. The molecule has 9 aromatic heterocycles. The van der Waals surface area contributed by atoms with Gasteiger partial charge >= 0.3 is 0 Å². The van der Waals surface area contributed by atoms with E-state index >= 15 is 0 Å². The zero-order valence-corrected chi connectivity index (χ0v) is 75.6. The number of aromatic nitrogens is 6. The third-order valence-corrected chi connectivity index (χ3v) is 28.7. The van der Waals surface area contributed by atoms with Crippen molar-refractivity contribution < 1.29 is 13.3 Å². The summed E-state index contributed by atoms with van der Waals surface area (Å²) < 4.78 is 33.3. The van der Waals surface area contributed by atoms with Crippen LogP contribution in [0, 0.1) is 34.0 Å². The van der Waals surface area contributed by atoms with Crippen molar-refractivity contribution in [2.24, 2.45) is 0 Å². The largest absolute Gasteiger partial charge is 0.456 e. The number of benzene rings is 21. The van der Waals surface area contributed by atoms with Gasteiger partial charge < -0.3 is 40.7 Å². The minimum Gasteiger partial charge on any atom is -0.456 e. The number of hydrogen-bond donors (Lipinski definition) is 0. The van der Waals surface area contributed by atoms with Gasteiger partial charge in [-0.1, -0.05) is 315 Å². The Morgan fingerprint density at radius 2 is 0.440 bits per heavy atom. The topological polar surface area (TPSA) is 140 Å². The van der Waals surface area contributed by atoms with Crippen LogP contribution in [0.3, 0.4) is 0 Å². The lowest BCUT2D eigenvalue weighted by molar-refractivity contribution is 0.669. The van der Waals surface area contributed by atoms with E-state index in [1.54, 1.807) is 0 Å². The number of hydrogen-bond acceptors (Lipinski definition) is 6. The van der Waals surface area contributed by atoms with E-state index in [0.29, 0.717) is 16.7 Å². The van der Waals surface area contributed by atoms with Crippen molar-refractivity contribution in [1.29, 1.82) is 15.8 Å². The third kappa shape index (κ3) is 12.0. The summed E-state index contributed by atoms with van der Waals surface area (Å²) in [6.45, 7) is 0. The molecule has 654 valence electrons. The number of fused-ring (bicyclic) bond motifs is 29. The molecule has 0 unspecified atom stereocenters. The van der Waals surface area contributed by atoms with Crippen LogP contribution < -0.4 is 0 Å². The lowest BCUT2D eigenvalue weighted by Crippen LogP contribution is -2.03. The summed E-state index contributed by atoms with van der Waals surface area (Å²) in [5.74, 6) is 0. The lowest BCUT2D eigenvalue weighted by atomic mass is 9.97. The van der Waals surface area contributed by atoms with Crippen molar-refractivity contribution in [3.63, 3.8) is 0 Å². The smallest absolute Gasteiger partial charge is 0.160 e. The Morgan fingerprint density at radius 3 is 0.851 bits per heavy atom. The first-order chi connectivity index (χ1) is 69.9. The van der Waals surface area contributed by atoms with Crippen molar-refractivity contribution in [2.75, 3.05) is 0 Å². The molecule has 9 heterocycles. The number of rotatable bonds is 9. The van der Waals surface area contributed by atoms with Crippen LogP contribution in [0.25, 0.3) is 264 Å². The van der Waals surface area contributed by atoms with Crippen LogP contribution in [-0.4, -0.2) is 27.4 Å². The summed E-state index contributed by atoms with van der Waals surface area (Å²) in [6.07, 6.45) is 0. The third-order valence-electron chi connectivity index (χ3n) is 28.7. The molecule has 21 aromatic carbocycles. The maximum absolute atomic E-state index is 10.7. The summed E-state index contributed by atoms with van der Waals surface area (Å²) in [6, 6.07) is 166. The monoisotopic (exact) mass is 1800 g/mol. The molecule has 0 saturated heterocycles. The fraction of sp³-hybridized carbons (Fsp3) is 0. The van der Waals surface area contributed by atoms with Gasteiger partial charge in [-0.05, 0) is 133 Å². The Kier molecular flexibility index (Phi) is 18.0. The van der Waals surface area contributed by atoms with E-state index in [1.165, 1.54) is 32.3 Å². The van der Waals surface area contributed by atoms with E-state index in [2.05, 4.69) is 422 Å². The Labute approximate surface area is 805 Å². The minimum atomic E-state index is 0.593. The summed E-state index contributed by atoms with van der Waals surface area (Å²) in [5, 5.41) is 52.4. The first-order valence-electron chi connectivity index (χ1n) is 47.3. The molecule has 30 aromatic rings. The molecule has 0 saturated carbocycles. The maximum Gasteiger partial charge on any atom is 0.160 e. The van der Waals surface area contributed by atoms with Crippen LogP contribution in [0.1, 0.15) is 16.7 Å². The Bertz CT molecular complexity index is 10500. The standard InChI is InChI=1S/3C43H25N3O/c44-26-27-12-11-18-33(30-15-3-8-21-38(30)45-36-19-6-1-13-28(36)29-14-2-7-20-37(29)45)43(27)46-39-22-9-4-16-31(39)34-24-35-32-17-5-10-23-41(32)47-42(35)25-40(34)46;44-26-27-12-11-18-32(30-15-3-8-21-37(30)45-35-19-6-1-13-28(35)29-14-2-7-20-36(29)45)42(27)46-38-22-9-4-16-31(38)33-24-25-40-41(43(33)46)34-17-5-10-23-39(34)47-40;44-26-27-12-11-18-33(30-15-3-8-21-38(30)45-36-19-6-1-13-28(36)29-14-2-7-20-37(29)45)41(27)46-39-22-9-4-16-31(39)34-24-25-35-32-17-5-10-23-40(32)47-43(35)42(34)46/h3*1-25H. The highest BCUT2D eigenvalue weighted by Gasteiger charge is 2.31. The predicted molar refractivity (Wildman–Crippen MR) is 578 cm³/mol. The minimum absolute atomic E-state index is 0.593. The SMILES string of the molecule is N#Cc1cccc(-c2ccccc2-n2c3ccccc3c3ccccc32)c1-n1c2ccccc2c2cc3c(cc21)oc1ccccc13.N#Cc1cccc(-c2ccccc2-n2c3ccccc3c3ccccc32)c1-n1c2ccccc2c2ccc3c4ccccc4oc3c21.N#Cc1cccc(-c2ccccc2-n2c3ccccc3c3ccccc32)c1-n1c2ccccc2c2ccc3oc4ccccc4c3c21. The Balaban J connectivity index is 0.000000104. The van der Waals surface area contributed by atoms with Gasteiger partial charge in [0.25, 0.3) is 0 Å². The highest BCUT2D eigenvalue weighted by molar-refractivity contribution is 6.27. The van der Waals surface area contributed by atoms with Gasteiger partial charge in [0, 0.05) is 131 Å². The highest BCUT2D eigenvalue weighted by atomic mass is 16.3. The fourth-order valence-corrected chi connectivity index (χ4v) is 22.9. The van der Waals surface area contributed by atoms with E-state index in [9.17, 15) is 15.8 Å². The quantitative estimate of drug-likeness (QED) is 0.141. The first kappa shape index (κ1) is 79.8. The molecule has 0 spiro atoms. The molecule has 30 rings (SSSR count). The summed E-state index contributed by atoms with van der Waals surface area (Å²) in [5.41, 5.74) is 31.5. The molecule has 12 nitrogen and oxygen atoms in total. The molecule has 12 heteroatoms. The molecular weight excluding hydrogens is 1720 g/mol. The van der Waals surface area contributed by atoms with Crippen molar-refractivity contribution in [2.45, 2.75) is 0 Å². The first-order valence-corrected chi connectivity index (χ1v) is 47.3. The van der Waals surface area contributed by atoms with Gasteiger partial charge in [-0.25, -0.2) is 0 Å². The van der Waals surface area contributed by atoms with Gasteiger partial charge in [-0.2, -0.15) is 15.8 Å². The molecule has 0 N–H and O–H groups in total. The maximum atomic E-state index is 10.7. The van der Waals surface area contributed by atoms with E-state index in [1.807, 2.05) is 78.9 Å². The van der Waals surface area contributed by atoms with Gasteiger partial charge in [-0.15, -0.1) is 0 Å². The highest BCUT2D eigenvalue weighted by Crippen LogP contribution is 2.51.